The van der Waals surface area contributed by atoms with Gasteiger partial charge in [-0.1, -0.05) is 12.1 Å². The maximum atomic E-state index is 9.88. The van der Waals surface area contributed by atoms with Crippen LogP contribution < -0.4 is 10.5 Å². The molecule has 17 heavy (non-hydrogen) atoms. The first-order valence-electron chi connectivity index (χ1n) is 5.48. The van der Waals surface area contributed by atoms with E-state index in [1.807, 2.05) is 0 Å². The molecule has 0 fully saturated rings. The summed E-state index contributed by atoms with van der Waals surface area (Å²) in [4.78, 5) is 0. The minimum Gasteiger partial charge on any atom is -0.496 e. The normalized spacial score (nSPS) is 14.4. The van der Waals surface area contributed by atoms with E-state index in [4.69, 9.17) is 15.6 Å². The van der Waals surface area contributed by atoms with Crippen LogP contribution in [0.15, 0.2) is 18.2 Å². The van der Waals surface area contributed by atoms with Gasteiger partial charge in [0.05, 0.1) is 19.8 Å². The number of aliphatic hydroxyl groups is 3. The first-order chi connectivity index (χ1) is 8.13. The monoisotopic (exact) mass is 241 g/mol. The maximum Gasteiger partial charge on any atom is 0.124 e. The van der Waals surface area contributed by atoms with Crippen LogP contribution in [0.4, 0.5) is 0 Å². The van der Waals surface area contributed by atoms with Crippen molar-refractivity contribution in [3.63, 3.8) is 0 Å². The highest BCUT2D eigenvalue weighted by Gasteiger charge is 2.18. The quantitative estimate of drug-likeness (QED) is 0.559. The van der Waals surface area contributed by atoms with Crippen LogP contribution in [-0.4, -0.2) is 35.1 Å². The van der Waals surface area contributed by atoms with Crippen LogP contribution in [0.25, 0.3) is 0 Å². The van der Waals surface area contributed by atoms with E-state index in [0.717, 1.165) is 0 Å². The highest BCUT2D eigenvalue weighted by molar-refractivity contribution is 5.38. The fraction of sp³-hybridized carbons (Fsp3) is 0.500. The van der Waals surface area contributed by atoms with Gasteiger partial charge in [0.25, 0.3) is 0 Å². The Labute approximate surface area is 100 Å². The number of ether oxygens (including phenoxy) is 1. The van der Waals surface area contributed by atoms with E-state index < -0.39 is 12.2 Å². The van der Waals surface area contributed by atoms with Crippen LogP contribution in [0, 0.1) is 0 Å². The lowest BCUT2D eigenvalue weighted by molar-refractivity contribution is 0.0149. The van der Waals surface area contributed by atoms with Gasteiger partial charge < -0.3 is 25.8 Å². The molecule has 2 atom stereocenters. The molecular weight excluding hydrogens is 222 g/mol. The second-order valence-electron chi connectivity index (χ2n) is 3.82. The second-order valence-corrected chi connectivity index (χ2v) is 3.82. The molecule has 0 saturated carbocycles. The van der Waals surface area contributed by atoms with Gasteiger partial charge >= 0.3 is 0 Å². The largest absolute Gasteiger partial charge is 0.496 e. The van der Waals surface area contributed by atoms with Crippen molar-refractivity contribution in [3.05, 3.63) is 29.3 Å². The molecule has 1 aromatic rings. The zero-order valence-electron chi connectivity index (χ0n) is 9.84. The van der Waals surface area contributed by atoms with Crippen LogP contribution in [0.1, 0.15) is 23.7 Å². The summed E-state index contributed by atoms with van der Waals surface area (Å²) in [5.41, 5.74) is 6.50. The van der Waals surface area contributed by atoms with E-state index in [9.17, 15) is 10.2 Å². The number of hydrogen-bond donors (Lipinski definition) is 4. The fourth-order valence-corrected chi connectivity index (χ4v) is 1.63. The third-order valence-corrected chi connectivity index (χ3v) is 2.65. The van der Waals surface area contributed by atoms with Gasteiger partial charge in [0, 0.05) is 5.56 Å². The fourth-order valence-electron chi connectivity index (χ4n) is 1.63. The Hall–Kier alpha value is -1.14. The van der Waals surface area contributed by atoms with Gasteiger partial charge in [-0.2, -0.15) is 0 Å². The molecule has 0 spiro atoms. The highest BCUT2D eigenvalue weighted by atomic mass is 16.5. The highest BCUT2D eigenvalue weighted by Crippen LogP contribution is 2.26. The Kier molecular flexibility index (Phi) is 5.37. The summed E-state index contributed by atoms with van der Waals surface area (Å²) < 4.78 is 5.09. The molecule has 0 amide bonds. The number of nitrogens with two attached hydrogens (primary N) is 1. The zero-order chi connectivity index (χ0) is 12.8. The Balaban J connectivity index is 2.91. The predicted octanol–water partition coefficient (Wildman–Crippen LogP) is -0.0694. The van der Waals surface area contributed by atoms with Crippen molar-refractivity contribution in [2.45, 2.75) is 25.2 Å². The molecule has 0 heterocycles. The molecule has 0 aromatic heterocycles. The number of aliphatic hydroxyl groups excluding tert-OH is 3. The number of methoxy groups -OCH3 is 1. The molecule has 0 aliphatic rings. The van der Waals surface area contributed by atoms with Crippen LogP contribution in [-0.2, 0) is 6.61 Å². The molecule has 0 radical (unpaired) electrons. The summed E-state index contributed by atoms with van der Waals surface area (Å²) in [6.07, 6.45) is -1.57. The Bertz CT molecular complexity index is 356. The average Bonchev–Trinajstić information content (AvgIpc) is 2.37. The standard InChI is InChI=1S/C12H19NO4/c1-17-11-6-8(2-3-9(11)7-14)12(16)10(15)4-5-13/h2-3,6,10,12,14-16H,4-5,7,13H2,1H3. The summed E-state index contributed by atoms with van der Waals surface area (Å²) in [6.45, 7) is 0.176. The molecule has 0 bridgehead atoms. The lowest BCUT2D eigenvalue weighted by Crippen LogP contribution is -2.21. The van der Waals surface area contributed by atoms with Gasteiger partial charge in [-0.3, -0.25) is 0 Å². The Morgan fingerprint density at radius 3 is 2.59 bits per heavy atom. The van der Waals surface area contributed by atoms with E-state index in [1.165, 1.54) is 7.11 Å². The van der Waals surface area contributed by atoms with Gasteiger partial charge in [0.1, 0.15) is 11.9 Å². The van der Waals surface area contributed by atoms with Crippen molar-refractivity contribution in [2.75, 3.05) is 13.7 Å². The molecule has 0 aliphatic carbocycles. The van der Waals surface area contributed by atoms with E-state index in [-0.39, 0.29) is 6.61 Å². The molecule has 2 unspecified atom stereocenters. The third kappa shape index (κ3) is 3.41. The van der Waals surface area contributed by atoms with Gasteiger partial charge in [-0.15, -0.1) is 0 Å². The summed E-state index contributed by atoms with van der Waals surface area (Å²) in [7, 11) is 1.49. The van der Waals surface area contributed by atoms with Gasteiger partial charge in [-0.05, 0) is 24.6 Å². The second kappa shape index (κ2) is 6.56. The first kappa shape index (κ1) is 13.9. The van der Waals surface area contributed by atoms with E-state index in [1.54, 1.807) is 18.2 Å². The zero-order valence-corrected chi connectivity index (χ0v) is 9.84. The Morgan fingerprint density at radius 2 is 2.06 bits per heavy atom. The molecule has 5 N–H and O–H groups in total. The topological polar surface area (TPSA) is 95.9 Å². The summed E-state index contributed by atoms with van der Waals surface area (Å²) in [5, 5.41) is 28.6. The maximum absolute atomic E-state index is 9.88. The summed E-state index contributed by atoms with van der Waals surface area (Å²) >= 11 is 0. The van der Waals surface area contributed by atoms with Gasteiger partial charge in [0.2, 0.25) is 0 Å². The molecule has 5 nitrogen and oxygen atoms in total. The van der Waals surface area contributed by atoms with Crippen molar-refractivity contribution < 1.29 is 20.1 Å². The van der Waals surface area contributed by atoms with Crippen molar-refractivity contribution >= 4 is 0 Å². The van der Waals surface area contributed by atoms with Crippen molar-refractivity contribution in [3.8, 4) is 5.75 Å². The van der Waals surface area contributed by atoms with Crippen molar-refractivity contribution in [1.29, 1.82) is 0 Å². The molecule has 1 aromatic carbocycles. The van der Waals surface area contributed by atoms with Gasteiger partial charge in [0.15, 0.2) is 0 Å². The van der Waals surface area contributed by atoms with Gasteiger partial charge in [-0.25, -0.2) is 0 Å². The molecule has 0 saturated heterocycles. The molecular formula is C12H19NO4. The lowest BCUT2D eigenvalue weighted by Gasteiger charge is -2.18. The predicted molar refractivity (Wildman–Crippen MR) is 63.6 cm³/mol. The third-order valence-electron chi connectivity index (χ3n) is 2.65. The van der Waals surface area contributed by atoms with Crippen molar-refractivity contribution in [1.82, 2.24) is 0 Å². The number of hydrogen-bond acceptors (Lipinski definition) is 5. The Morgan fingerprint density at radius 1 is 1.35 bits per heavy atom. The molecule has 0 aliphatic heterocycles. The van der Waals surface area contributed by atoms with Crippen LogP contribution in [0.2, 0.25) is 0 Å². The lowest BCUT2D eigenvalue weighted by atomic mass is 10.0. The molecule has 96 valence electrons. The van der Waals surface area contributed by atoms with E-state index in [2.05, 4.69) is 0 Å². The van der Waals surface area contributed by atoms with Crippen LogP contribution in [0.3, 0.4) is 0 Å². The number of benzene rings is 1. The smallest absolute Gasteiger partial charge is 0.124 e. The summed E-state index contributed by atoms with van der Waals surface area (Å²) in [5.74, 6) is 0.490. The number of rotatable bonds is 6. The van der Waals surface area contributed by atoms with Crippen molar-refractivity contribution in [2.24, 2.45) is 5.73 Å². The first-order valence-corrected chi connectivity index (χ1v) is 5.48. The van der Waals surface area contributed by atoms with Crippen LogP contribution in [0.5, 0.6) is 5.75 Å². The van der Waals surface area contributed by atoms with E-state index >= 15 is 0 Å². The van der Waals surface area contributed by atoms with Crippen LogP contribution >= 0.6 is 0 Å². The molecule has 5 heteroatoms. The minimum atomic E-state index is -1.000. The van der Waals surface area contributed by atoms with E-state index in [0.29, 0.717) is 29.8 Å². The average molecular weight is 241 g/mol. The minimum absolute atomic E-state index is 0.134. The summed E-state index contributed by atoms with van der Waals surface area (Å²) in [6, 6.07) is 4.92. The molecule has 1 rings (SSSR count). The SMILES string of the molecule is COc1cc(C(O)C(O)CCN)ccc1CO.